The summed E-state index contributed by atoms with van der Waals surface area (Å²) < 4.78 is 57.0. The fourth-order valence-electron chi connectivity index (χ4n) is 2.89. The first-order valence-electron chi connectivity index (χ1n) is 9.10. The Kier molecular flexibility index (Phi) is 7.42. The van der Waals surface area contributed by atoms with E-state index < -0.39 is 35.4 Å². The van der Waals surface area contributed by atoms with Gasteiger partial charge in [-0.2, -0.15) is 13.2 Å². The third-order valence-electron chi connectivity index (χ3n) is 4.65. The largest absolute Gasteiger partial charge is 0.496 e. The molecule has 0 spiro atoms. The number of aliphatic carboxylic acids is 1. The summed E-state index contributed by atoms with van der Waals surface area (Å²) in [6.07, 6.45) is -4.04. The van der Waals surface area contributed by atoms with Gasteiger partial charge >= 0.3 is 12.1 Å². The number of carboxylic acid groups (broad SMARTS) is 1. The monoisotopic (exact) mass is 427 g/mol. The molecule has 1 atom stereocenters. The van der Waals surface area contributed by atoms with E-state index in [1.165, 1.54) is 19.2 Å². The first kappa shape index (κ1) is 23.2. The summed E-state index contributed by atoms with van der Waals surface area (Å²) in [6.45, 7) is 1.41. The summed E-state index contributed by atoms with van der Waals surface area (Å²) in [5.41, 5.74) is -0.504. The number of rotatable bonds is 8. The molecule has 30 heavy (non-hydrogen) atoms. The van der Waals surface area contributed by atoms with Crippen LogP contribution in [0.5, 0.6) is 5.75 Å². The van der Waals surface area contributed by atoms with Crippen LogP contribution in [0.4, 0.5) is 17.6 Å². The van der Waals surface area contributed by atoms with Gasteiger partial charge in [0.2, 0.25) is 0 Å². The van der Waals surface area contributed by atoms with E-state index in [1.807, 2.05) is 0 Å². The van der Waals surface area contributed by atoms with Crippen LogP contribution in [0.15, 0.2) is 36.4 Å². The molecule has 2 aromatic carbocycles. The van der Waals surface area contributed by atoms with Crippen molar-refractivity contribution in [2.45, 2.75) is 32.5 Å². The van der Waals surface area contributed by atoms with E-state index in [-0.39, 0.29) is 29.8 Å². The van der Waals surface area contributed by atoms with Gasteiger partial charge in [0.25, 0.3) is 5.91 Å². The second-order valence-electron chi connectivity index (χ2n) is 6.67. The molecule has 0 saturated heterocycles. The molecule has 0 aliphatic heterocycles. The third kappa shape index (κ3) is 5.71. The van der Waals surface area contributed by atoms with Gasteiger partial charge in [-0.25, -0.2) is 4.39 Å². The number of amides is 1. The second kappa shape index (κ2) is 9.60. The summed E-state index contributed by atoms with van der Waals surface area (Å²) in [5.74, 6) is -3.05. The number of halogens is 4. The Hall–Kier alpha value is -3.10. The number of alkyl halides is 3. The number of ether oxygens (including phenoxy) is 1. The number of hydrogen-bond donors (Lipinski definition) is 2. The first-order chi connectivity index (χ1) is 14.1. The standard InChI is InChI=1S/C21H21F4NO4/c1-3-13(20(28)29)8-12-4-7-18(30-2)16(9-12)19(27)26-11-14-5-6-15(10-17(14)22)21(23,24)25/h4-7,9-10,13H,3,8,11H2,1-2H3,(H,26,27)(H,28,29). The van der Waals surface area contributed by atoms with Gasteiger partial charge in [0, 0.05) is 12.1 Å². The number of hydrogen-bond acceptors (Lipinski definition) is 3. The summed E-state index contributed by atoms with van der Waals surface area (Å²) in [5, 5.41) is 11.7. The van der Waals surface area contributed by atoms with Crippen LogP contribution < -0.4 is 10.1 Å². The van der Waals surface area contributed by atoms with E-state index in [1.54, 1.807) is 13.0 Å². The highest BCUT2D eigenvalue weighted by molar-refractivity contribution is 5.97. The van der Waals surface area contributed by atoms with Crippen LogP contribution in [0.3, 0.4) is 0 Å². The molecule has 9 heteroatoms. The fraction of sp³-hybridized carbons (Fsp3) is 0.333. The van der Waals surface area contributed by atoms with E-state index >= 15 is 0 Å². The maximum atomic E-state index is 14.0. The van der Waals surface area contributed by atoms with Crippen LogP contribution in [-0.2, 0) is 23.9 Å². The molecule has 0 saturated carbocycles. The lowest BCUT2D eigenvalue weighted by Gasteiger charge is -2.14. The molecule has 1 amide bonds. The number of nitrogens with one attached hydrogen (secondary N) is 1. The van der Waals surface area contributed by atoms with Gasteiger partial charge in [0.15, 0.2) is 0 Å². The number of carbonyl (C=O) groups is 2. The van der Waals surface area contributed by atoms with Crippen molar-refractivity contribution >= 4 is 11.9 Å². The number of carboxylic acids is 1. The minimum atomic E-state index is -4.66. The number of benzene rings is 2. The molecular weight excluding hydrogens is 406 g/mol. The zero-order chi connectivity index (χ0) is 22.5. The Balaban J connectivity index is 2.18. The number of carbonyl (C=O) groups excluding carboxylic acids is 1. The Morgan fingerprint density at radius 1 is 1.17 bits per heavy atom. The first-order valence-corrected chi connectivity index (χ1v) is 9.10. The smallest absolute Gasteiger partial charge is 0.416 e. The lowest BCUT2D eigenvalue weighted by atomic mass is 9.95. The molecule has 0 aliphatic rings. The van der Waals surface area contributed by atoms with E-state index in [0.717, 1.165) is 12.1 Å². The highest BCUT2D eigenvalue weighted by Crippen LogP contribution is 2.30. The molecule has 2 N–H and O–H groups in total. The zero-order valence-corrected chi connectivity index (χ0v) is 16.3. The van der Waals surface area contributed by atoms with E-state index in [9.17, 15) is 32.3 Å². The maximum Gasteiger partial charge on any atom is 0.416 e. The summed E-state index contributed by atoms with van der Waals surface area (Å²) >= 11 is 0. The van der Waals surface area contributed by atoms with Crippen LogP contribution in [0.25, 0.3) is 0 Å². The van der Waals surface area contributed by atoms with Crippen molar-refractivity contribution in [3.8, 4) is 5.75 Å². The topological polar surface area (TPSA) is 75.6 Å². The average Bonchev–Trinajstić information content (AvgIpc) is 2.69. The van der Waals surface area contributed by atoms with Crippen molar-refractivity contribution in [1.82, 2.24) is 5.32 Å². The lowest BCUT2D eigenvalue weighted by molar-refractivity contribution is -0.141. The molecular formula is C21H21F4NO4. The van der Waals surface area contributed by atoms with Crippen LogP contribution in [-0.4, -0.2) is 24.1 Å². The Labute approximate surface area is 170 Å². The van der Waals surface area contributed by atoms with Crippen molar-refractivity contribution in [2.24, 2.45) is 5.92 Å². The van der Waals surface area contributed by atoms with Gasteiger partial charge in [0.1, 0.15) is 11.6 Å². The highest BCUT2D eigenvalue weighted by atomic mass is 19.4. The van der Waals surface area contributed by atoms with Crippen LogP contribution in [0.1, 0.15) is 40.4 Å². The molecule has 0 aliphatic carbocycles. The van der Waals surface area contributed by atoms with E-state index in [4.69, 9.17) is 4.74 Å². The van der Waals surface area contributed by atoms with E-state index in [0.29, 0.717) is 18.1 Å². The van der Waals surface area contributed by atoms with Crippen molar-refractivity contribution in [3.63, 3.8) is 0 Å². The van der Waals surface area contributed by atoms with Gasteiger partial charge in [-0.1, -0.05) is 19.1 Å². The Morgan fingerprint density at radius 3 is 2.40 bits per heavy atom. The maximum absolute atomic E-state index is 14.0. The molecule has 1 unspecified atom stereocenters. The van der Waals surface area contributed by atoms with Gasteiger partial charge in [-0.05, 0) is 42.7 Å². The van der Waals surface area contributed by atoms with E-state index in [2.05, 4.69) is 5.32 Å². The molecule has 2 rings (SSSR count). The fourth-order valence-corrected chi connectivity index (χ4v) is 2.89. The lowest BCUT2D eigenvalue weighted by Crippen LogP contribution is -2.24. The molecule has 0 fully saturated rings. The van der Waals surface area contributed by atoms with Crippen molar-refractivity contribution in [2.75, 3.05) is 7.11 Å². The van der Waals surface area contributed by atoms with Crippen molar-refractivity contribution in [3.05, 3.63) is 64.5 Å². The Morgan fingerprint density at radius 2 is 1.87 bits per heavy atom. The zero-order valence-electron chi connectivity index (χ0n) is 16.3. The predicted octanol–water partition coefficient (Wildman–Crippen LogP) is 4.44. The number of methoxy groups -OCH3 is 1. The quantitative estimate of drug-likeness (QED) is 0.611. The highest BCUT2D eigenvalue weighted by Gasteiger charge is 2.31. The second-order valence-corrected chi connectivity index (χ2v) is 6.67. The van der Waals surface area contributed by atoms with Crippen molar-refractivity contribution in [1.29, 1.82) is 0 Å². The summed E-state index contributed by atoms with van der Waals surface area (Å²) in [7, 11) is 1.35. The van der Waals surface area contributed by atoms with Gasteiger partial charge < -0.3 is 15.2 Å². The van der Waals surface area contributed by atoms with Gasteiger partial charge in [0.05, 0.1) is 24.2 Å². The summed E-state index contributed by atoms with van der Waals surface area (Å²) in [6, 6.07) is 6.74. The van der Waals surface area contributed by atoms with Gasteiger partial charge in [-0.15, -0.1) is 0 Å². The average molecular weight is 427 g/mol. The van der Waals surface area contributed by atoms with Crippen LogP contribution in [0, 0.1) is 11.7 Å². The molecule has 2 aromatic rings. The Bertz CT molecular complexity index is 928. The minimum Gasteiger partial charge on any atom is -0.496 e. The minimum absolute atomic E-state index is 0.108. The molecule has 0 radical (unpaired) electrons. The SMILES string of the molecule is CCC(Cc1ccc(OC)c(C(=O)NCc2ccc(C(F)(F)F)cc2F)c1)C(=O)O. The normalized spacial score (nSPS) is 12.3. The summed E-state index contributed by atoms with van der Waals surface area (Å²) in [4.78, 5) is 23.8. The molecule has 0 heterocycles. The third-order valence-corrected chi connectivity index (χ3v) is 4.65. The predicted molar refractivity (Wildman–Crippen MR) is 101 cm³/mol. The molecule has 0 aromatic heterocycles. The van der Waals surface area contributed by atoms with Crippen molar-refractivity contribution < 1.29 is 37.0 Å². The van der Waals surface area contributed by atoms with Crippen LogP contribution in [0.2, 0.25) is 0 Å². The van der Waals surface area contributed by atoms with Crippen LogP contribution >= 0.6 is 0 Å². The molecule has 5 nitrogen and oxygen atoms in total. The molecule has 0 bridgehead atoms. The molecule has 162 valence electrons. The van der Waals surface area contributed by atoms with Gasteiger partial charge in [-0.3, -0.25) is 9.59 Å².